The highest BCUT2D eigenvalue weighted by Crippen LogP contribution is 2.48. The van der Waals surface area contributed by atoms with E-state index < -0.39 is 10.0 Å². The maximum Gasteiger partial charge on any atom is 0.242 e. The minimum atomic E-state index is -3.46. The zero-order valence-corrected chi connectivity index (χ0v) is 17.7. The van der Waals surface area contributed by atoms with Gasteiger partial charge in [0.2, 0.25) is 15.9 Å². The van der Waals surface area contributed by atoms with E-state index in [0.717, 1.165) is 13.0 Å². The molecule has 0 bridgehead atoms. The van der Waals surface area contributed by atoms with Gasteiger partial charge in [-0.25, -0.2) is 12.7 Å². The summed E-state index contributed by atoms with van der Waals surface area (Å²) in [6.07, 6.45) is 3.47. The number of fused-ring (bicyclic) bond motifs is 1. The molecule has 0 radical (unpaired) electrons. The summed E-state index contributed by atoms with van der Waals surface area (Å²) in [7, 11) is -0.467. The van der Waals surface area contributed by atoms with E-state index in [2.05, 4.69) is 21.7 Å². The van der Waals surface area contributed by atoms with E-state index in [-0.39, 0.29) is 10.8 Å². The molecule has 2 heterocycles. The zero-order valence-electron chi connectivity index (χ0n) is 16.1. The van der Waals surface area contributed by atoms with Gasteiger partial charge in [-0.2, -0.15) is 0 Å². The molecule has 1 atom stereocenters. The second kappa shape index (κ2) is 7.59. The third-order valence-corrected chi connectivity index (χ3v) is 8.28. The average Bonchev–Trinajstić information content (AvgIpc) is 3.38. The van der Waals surface area contributed by atoms with Gasteiger partial charge in [-0.05, 0) is 66.5 Å². The van der Waals surface area contributed by atoms with Crippen LogP contribution in [0.4, 0.5) is 5.69 Å². The van der Waals surface area contributed by atoms with Gasteiger partial charge >= 0.3 is 0 Å². The molecule has 4 rings (SSSR count). The summed E-state index contributed by atoms with van der Waals surface area (Å²) in [4.78, 5) is 16.6. The van der Waals surface area contributed by atoms with Crippen LogP contribution in [0.25, 0.3) is 0 Å². The van der Waals surface area contributed by atoms with Gasteiger partial charge in [0.25, 0.3) is 0 Å². The van der Waals surface area contributed by atoms with Gasteiger partial charge in [0.05, 0.1) is 11.4 Å². The number of thiophene rings is 1. The van der Waals surface area contributed by atoms with Gasteiger partial charge in [-0.1, -0.05) is 0 Å². The van der Waals surface area contributed by atoms with Crippen LogP contribution in [0.1, 0.15) is 29.3 Å². The van der Waals surface area contributed by atoms with Crippen molar-refractivity contribution in [2.24, 2.45) is 5.92 Å². The molecule has 1 aromatic carbocycles. The van der Waals surface area contributed by atoms with Gasteiger partial charge < -0.3 is 5.32 Å². The fourth-order valence-electron chi connectivity index (χ4n) is 3.85. The second-order valence-electron chi connectivity index (χ2n) is 7.66. The van der Waals surface area contributed by atoms with Gasteiger partial charge in [0.15, 0.2) is 0 Å². The number of benzene rings is 1. The number of carbonyl (C=O) groups is 1. The summed E-state index contributed by atoms with van der Waals surface area (Å²) >= 11 is 1.82. The number of sulfonamides is 1. The molecule has 1 aromatic heterocycles. The third-order valence-electron chi connectivity index (χ3n) is 5.45. The van der Waals surface area contributed by atoms with Crippen LogP contribution in [-0.2, 0) is 21.2 Å². The highest BCUT2D eigenvalue weighted by Gasteiger charge is 2.40. The summed E-state index contributed by atoms with van der Waals surface area (Å²) in [5.74, 6) is 0.601. The van der Waals surface area contributed by atoms with Crippen molar-refractivity contribution >= 4 is 33.0 Å². The molecule has 0 saturated heterocycles. The van der Waals surface area contributed by atoms with Crippen LogP contribution >= 0.6 is 11.3 Å². The van der Waals surface area contributed by atoms with E-state index in [1.807, 2.05) is 11.3 Å². The Hall–Kier alpha value is -1.74. The van der Waals surface area contributed by atoms with Crippen molar-refractivity contribution in [2.75, 3.05) is 32.5 Å². The molecule has 6 nitrogen and oxygen atoms in total. The van der Waals surface area contributed by atoms with E-state index in [1.165, 1.54) is 53.8 Å². The molecule has 0 spiro atoms. The number of anilines is 1. The van der Waals surface area contributed by atoms with Gasteiger partial charge in [-0.3, -0.25) is 9.69 Å². The maximum atomic E-state index is 12.6. The van der Waals surface area contributed by atoms with Crippen LogP contribution in [-0.4, -0.2) is 50.7 Å². The number of nitrogens with one attached hydrogen (secondary N) is 1. The predicted molar refractivity (Wildman–Crippen MR) is 111 cm³/mol. The summed E-state index contributed by atoms with van der Waals surface area (Å²) in [6, 6.07) is 8.90. The lowest BCUT2D eigenvalue weighted by atomic mass is 9.96. The van der Waals surface area contributed by atoms with Crippen molar-refractivity contribution in [1.29, 1.82) is 0 Å². The van der Waals surface area contributed by atoms with Crippen LogP contribution in [0.2, 0.25) is 0 Å². The van der Waals surface area contributed by atoms with E-state index in [9.17, 15) is 13.2 Å². The quantitative estimate of drug-likeness (QED) is 0.782. The number of nitrogens with zero attached hydrogens (tertiary/aromatic N) is 2. The monoisotopic (exact) mass is 419 g/mol. The Morgan fingerprint density at radius 3 is 2.57 bits per heavy atom. The highest BCUT2D eigenvalue weighted by atomic mass is 32.2. The second-order valence-corrected chi connectivity index (χ2v) is 10.8. The fourth-order valence-corrected chi connectivity index (χ4v) is 5.66. The van der Waals surface area contributed by atoms with E-state index in [1.54, 1.807) is 12.1 Å². The minimum absolute atomic E-state index is 0.0625. The Morgan fingerprint density at radius 2 is 1.93 bits per heavy atom. The third kappa shape index (κ3) is 3.87. The standard InChI is InChI=1S/C20H25N3O3S2/c1-22(2)28(25,26)16-7-5-15(6-8-16)21-19(24)13-23-11-9-18-17(10-12-27-18)20(23)14-3-4-14/h5-8,10,12,14,20H,3-4,9,11,13H2,1-2H3,(H,21,24)/t20-/m0/s1. The van der Waals surface area contributed by atoms with Crippen molar-refractivity contribution in [3.8, 4) is 0 Å². The van der Waals surface area contributed by atoms with Crippen molar-refractivity contribution in [3.63, 3.8) is 0 Å². The molecule has 2 aliphatic rings. The number of hydrogen-bond acceptors (Lipinski definition) is 5. The minimum Gasteiger partial charge on any atom is -0.325 e. The Bertz CT molecular complexity index is 963. The van der Waals surface area contributed by atoms with Gasteiger partial charge in [-0.15, -0.1) is 11.3 Å². The Balaban J connectivity index is 1.42. The maximum absolute atomic E-state index is 12.6. The SMILES string of the molecule is CN(C)S(=O)(=O)c1ccc(NC(=O)CN2CCc3sccc3[C@@H]2C2CC2)cc1. The molecule has 1 saturated carbocycles. The molecule has 28 heavy (non-hydrogen) atoms. The lowest BCUT2D eigenvalue weighted by Gasteiger charge is -2.35. The van der Waals surface area contributed by atoms with Crippen molar-refractivity contribution in [2.45, 2.75) is 30.2 Å². The normalized spacial score (nSPS) is 20.2. The first-order chi connectivity index (χ1) is 13.4. The van der Waals surface area contributed by atoms with Crippen molar-refractivity contribution in [3.05, 3.63) is 46.2 Å². The summed E-state index contributed by atoms with van der Waals surface area (Å²) in [6.45, 7) is 1.26. The number of amides is 1. The van der Waals surface area contributed by atoms with Crippen LogP contribution < -0.4 is 5.32 Å². The van der Waals surface area contributed by atoms with E-state index in [0.29, 0.717) is 24.2 Å². The molecule has 8 heteroatoms. The van der Waals surface area contributed by atoms with Gasteiger partial charge in [0, 0.05) is 37.2 Å². The summed E-state index contributed by atoms with van der Waals surface area (Å²) < 4.78 is 25.5. The van der Waals surface area contributed by atoms with Crippen LogP contribution in [0, 0.1) is 5.92 Å². The molecule has 1 N–H and O–H groups in total. The Labute approximate surface area is 170 Å². The first-order valence-corrected chi connectivity index (χ1v) is 11.8. The van der Waals surface area contributed by atoms with E-state index in [4.69, 9.17) is 0 Å². The molecule has 150 valence electrons. The average molecular weight is 420 g/mol. The summed E-state index contributed by atoms with van der Waals surface area (Å²) in [5.41, 5.74) is 2.02. The summed E-state index contributed by atoms with van der Waals surface area (Å²) in [5, 5.41) is 5.07. The van der Waals surface area contributed by atoms with Gasteiger partial charge in [0.1, 0.15) is 0 Å². The first kappa shape index (κ1) is 19.6. The molecule has 2 aromatic rings. The molecular weight excluding hydrogens is 394 g/mol. The fraction of sp³-hybridized carbons (Fsp3) is 0.450. The number of hydrogen-bond donors (Lipinski definition) is 1. The highest BCUT2D eigenvalue weighted by molar-refractivity contribution is 7.89. The Kier molecular flexibility index (Phi) is 5.30. The molecular formula is C20H25N3O3S2. The smallest absolute Gasteiger partial charge is 0.242 e. The van der Waals surface area contributed by atoms with Crippen LogP contribution in [0.3, 0.4) is 0 Å². The van der Waals surface area contributed by atoms with Crippen LogP contribution in [0.5, 0.6) is 0 Å². The topological polar surface area (TPSA) is 69.7 Å². The first-order valence-electron chi connectivity index (χ1n) is 9.49. The lowest BCUT2D eigenvalue weighted by molar-refractivity contribution is -0.118. The predicted octanol–water partition coefficient (Wildman–Crippen LogP) is 2.95. The number of rotatable bonds is 6. The molecule has 1 aliphatic heterocycles. The van der Waals surface area contributed by atoms with E-state index >= 15 is 0 Å². The largest absolute Gasteiger partial charge is 0.325 e. The Morgan fingerprint density at radius 1 is 1.21 bits per heavy atom. The van der Waals surface area contributed by atoms with Crippen molar-refractivity contribution < 1.29 is 13.2 Å². The lowest BCUT2D eigenvalue weighted by Crippen LogP contribution is -2.41. The van der Waals surface area contributed by atoms with Crippen LogP contribution in [0.15, 0.2) is 40.6 Å². The number of carbonyl (C=O) groups excluding carboxylic acids is 1. The van der Waals surface area contributed by atoms with Crippen molar-refractivity contribution in [1.82, 2.24) is 9.21 Å². The molecule has 1 amide bonds. The molecule has 1 fully saturated rings. The molecule has 1 aliphatic carbocycles. The molecule has 0 unspecified atom stereocenters. The zero-order chi connectivity index (χ0) is 19.9.